The fourth-order valence-corrected chi connectivity index (χ4v) is 3.44. The van der Waals surface area contributed by atoms with Gasteiger partial charge in [0.2, 0.25) is 5.91 Å². The highest BCUT2D eigenvalue weighted by Crippen LogP contribution is 2.33. The number of rotatable bonds is 4. The number of fused-ring (bicyclic) bond motifs is 1. The van der Waals surface area contributed by atoms with Crippen molar-refractivity contribution in [2.24, 2.45) is 0 Å². The number of hydrogen-bond acceptors (Lipinski definition) is 3. The SMILES string of the molecule is O=C(C1NCCc2[nH]cnc21)N(Cc1c(F)cccc1Cl)C1CC1. The molecule has 0 radical (unpaired) electrons. The molecule has 2 aliphatic rings. The average molecular weight is 349 g/mol. The number of carbonyl (C=O) groups is 1. The molecule has 1 atom stereocenters. The molecule has 126 valence electrons. The molecule has 1 aromatic heterocycles. The monoisotopic (exact) mass is 348 g/mol. The molecule has 0 spiro atoms. The van der Waals surface area contributed by atoms with Crippen LogP contribution in [0.4, 0.5) is 4.39 Å². The van der Waals surface area contributed by atoms with Crippen molar-refractivity contribution in [3.05, 3.63) is 52.3 Å². The zero-order valence-corrected chi connectivity index (χ0v) is 13.8. The molecule has 1 aliphatic carbocycles. The molecule has 1 unspecified atom stereocenters. The van der Waals surface area contributed by atoms with Crippen LogP contribution in [0.5, 0.6) is 0 Å². The lowest BCUT2D eigenvalue weighted by atomic mass is 10.0. The molecule has 24 heavy (non-hydrogen) atoms. The Labute approximate surface area is 144 Å². The summed E-state index contributed by atoms with van der Waals surface area (Å²) >= 11 is 6.14. The van der Waals surface area contributed by atoms with E-state index in [1.165, 1.54) is 6.07 Å². The maximum absolute atomic E-state index is 14.1. The number of carbonyl (C=O) groups excluding carboxylic acids is 1. The molecule has 1 aliphatic heterocycles. The third kappa shape index (κ3) is 2.80. The van der Waals surface area contributed by atoms with E-state index in [0.717, 1.165) is 30.7 Å². The molecule has 0 bridgehead atoms. The van der Waals surface area contributed by atoms with Gasteiger partial charge in [0.25, 0.3) is 0 Å². The number of H-pyrrole nitrogens is 1. The minimum Gasteiger partial charge on any atom is -0.348 e. The summed E-state index contributed by atoms with van der Waals surface area (Å²) in [5, 5.41) is 3.59. The van der Waals surface area contributed by atoms with Gasteiger partial charge in [-0.2, -0.15) is 0 Å². The van der Waals surface area contributed by atoms with Crippen LogP contribution in [-0.2, 0) is 17.8 Å². The van der Waals surface area contributed by atoms with Crippen LogP contribution >= 0.6 is 11.6 Å². The van der Waals surface area contributed by atoms with Gasteiger partial charge in [-0.3, -0.25) is 4.79 Å². The minimum atomic E-state index is -0.480. The van der Waals surface area contributed by atoms with E-state index in [9.17, 15) is 9.18 Å². The molecule has 7 heteroatoms. The van der Waals surface area contributed by atoms with Gasteiger partial charge in [0, 0.05) is 35.3 Å². The van der Waals surface area contributed by atoms with E-state index in [1.54, 1.807) is 23.4 Å². The highest BCUT2D eigenvalue weighted by molar-refractivity contribution is 6.31. The lowest BCUT2D eigenvalue weighted by molar-refractivity contribution is -0.135. The topological polar surface area (TPSA) is 61.0 Å². The largest absolute Gasteiger partial charge is 0.348 e. The lowest BCUT2D eigenvalue weighted by Gasteiger charge is -2.30. The van der Waals surface area contributed by atoms with Crippen molar-refractivity contribution >= 4 is 17.5 Å². The van der Waals surface area contributed by atoms with E-state index in [-0.39, 0.29) is 24.3 Å². The van der Waals surface area contributed by atoms with Crippen molar-refractivity contribution in [2.45, 2.75) is 37.9 Å². The molecule has 2 aromatic rings. The first-order chi connectivity index (χ1) is 11.6. The Morgan fingerprint density at radius 2 is 2.25 bits per heavy atom. The molecule has 1 amide bonds. The van der Waals surface area contributed by atoms with Gasteiger partial charge in [-0.1, -0.05) is 17.7 Å². The number of aromatic nitrogens is 2. The Morgan fingerprint density at radius 3 is 3.00 bits per heavy atom. The van der Waals surface area contributed by atoms with E-state index in [0.29, 0.717) is 17.1 Å². The molecular weight excluding hydrogens is 331 g/mol. The van der Waals surface area contributed by atoms with Crippen molar-refractivity contribution in [1.29, 1.82) is 0 Å². The molecule has 4 rings (SSSR count). The highest BCUT2D eigenvalue weighted by Gasteiger charge is 2.39. The minimum absolute atomic E-state index is 0.0649. The fourth-order valence-electron chi connectivity index (χ4n) is 3.22. The number of nitrogens with zero attached hydrogens (tertiary/aromatic N) is 2. The number of benzene rings is 1. The predicted octanol–water partition coefficient (Wildman–Crippen LogP) is 2.58. The highest BCUT2D eigenvalue weighted by atomic mass is 35.5. The lowest BCUT2D eigenvalue weighted by Crippen LogP contribution is -2.44. The van der Waals surface area contributed by atoms with Gasteiger partial charge in [-0.15, -0.1) is 0 Å². The van der Waals surface area contributed by atoms with E-state index < -0.39 is 6.04 Å². The van der Waals surface area contributed by atoms with Crippen molar-refractivity contribution in [2.75, 3.05) is 6.54 Å². The van der Waals surface area contributed by atoms with Gasteiger partial charge in [0.15, 0.2) is 0 Å². The summed E-state index contributed by atoms with van der Waals surface area (Å²) in [5.41, 5.74) is 2.11. The van der Waals surface area contributed by atoms with Gasteiger partial charge < -0.3 is 15.2 Å². The second-order valence-corrected chi connectivity index (χ2v) is 6.71. The van der Waals surface area contributed by atoms with E-state index in [1.807, 2.05) is 0 Å². The first kappa shape index (κ1) is 15.6. The standard InChI is InChI=1S/C17H18ClFN4O/c18-12-2-1-3-13(19)11(12)8-23(10-4-5-10)17(24)16-15-14(6-7-20-16)21-9-22-15/h1-3,9-10,16,20H,4-8H2,(H,21,22). The van der Waals surface area contributed by atoms with E-state index in [2.05, 4.69) is 15.3 Å². The number of hydrogen-bond donors (Lipinski definition) is 2. The van der Waals surface area contributed by atoms with Crippen LogP contribution in [0.2, 0.25) is 5.02 Å². The summed E-state index contributed by atoms with van der Waals surface area (Å²) < 4.78 is 14.1. The number of amides is 1. The third-order valence-electron chi connectivity index (χ3n) is 4.66. The van der Waals surface area contributed by atoms with Crippen LogP contribution in [0.1, 0.15) is 35.8 Å². The Hall–Kier alpha value is -1.92. The van der Waals surface area contributed by atoms with Crippen LogP contribution in [0, 0.1) is 5.82 Å². The van der Waals surface area contributed by atoms with Crippen LogP contribution in [-0.4, -0.2) is 33.4 Å². The summed E-state index contributed by atoms with van der Waals surface area (Å²) in [4.78, 5) is 22.2. The summed E-state index contributed by atoms with van der Waals surface area (Å²) in [6, 6.07) is 4.27. The second kappa shape index (κ2) is 6.18. The zero-order valence-electron chi connectivity index (χ0n) is 13.1. The Bertz CT molecular complexity index is 753. The third-order valence-corrected chi connectivity index (χ3v) is 5.01. The van der Waals surface area contributed by atoms with Crippen LogP contribution < -0.4 is 5.32 Å². The maximum Gasteiger partial charge on any atom is 0.246 e. The predicted molar refractivity (Wildman–Crippen MR) is 88.0 cm³/mol. The normalized spacial score (nSPS) is 19.8. The van der Waals surface area contributed by atoms with Gasteiger partial charge in [0.1, 0.15) is 11.9 Å². The van der Waals surface area contributed by atoms with Crippen molar-refractivity contribution < 1.29 is 9.18 Å². The van der Waals surface area contributed by atoms with Crippen LogP contribution in [0.3, 0.4) is 0 Å². The average Bonchev–Trinajstić information content (AvgIpc) is 3.29. The van der Waals surface area contributed by atoms with Gasteiger partial charge >= 0.3 is 0 Å². The molecular formula is C17H18ClFN4O. The molecule has 1 aromatic carbocycles. The number of halogens is 2. The fraction of sp³-hybridized carbons (Fsp3) is 0.412. The van der Waals surface area contributed by atoms with Crippen LogP contribution in [0.25, 0.3) is 0 Å². The molecule has 2 heterocycles. The summed E-state index contributed by atoms with van der Waals surface area (Å²) in [7, 11) is 0. The maximum atomic E-state index is 14.1. The summed E-state index contributed by atoms with van der Waals surface area (Å²) in [6.45, 7) is 0.900. The summed E-state index contributed by atoms with van der Waals surface area (Å²) in [5.74, 6) is -0.442. The van der Waals surface area contributed by atoms with Crippen molar-refractivity contribution in [3.63, 3.8) is 0 Å². The van der Waals surface area contributed by atoms with Crippen LogP contribution in [0.15, 0.2) is 24.5 Å². The van der Waals surface area contributed by atoms with Crippen molar-refractivity contribution in [3.8, 4) is 0 Å². The number of nitrogens with one attached hydrogen (secondary N) is 2. The Morgan fingerprint density at radius 1 is 1.42 bits per heavy atom. The Balaban J connectivity index is 1.62. The molecule has 0 saturated heterocycles. The van der Waals surface area contributed by atoms with Gasteiger partial charge in [-0.25, -0.2) is 9.37 Å². The molecule has 5 nitrogen and oxygen atoms in total. The molecule has 2 N–H and O–H groups in total. The number of imidazole rings is 1. The smallest absolute Gasteiger partial charge is 0.246 e. The van der Waals surface area contributed by atoms with Gasteiger partial charge in [-0.05, 0) is 25.0 Å². The van der Waals surface area contributed by atoms with Crippen molar-refractivity contribution in [1.82, 2.24) is 20.2 Å². The zero-order chi connectivity index (χ0) is 16.7. The first-order valence-corrected chi connectivity index (χ1v) is 8.52. The molecule has 1 saturated carbocycles. The first-order valence-electron chi connectivity index (χ1n) is 8.14. The second-order valence-electron chi connectivity index (χ2n) is 6.30. The van der Waals surface area contributed by atoms with E-state index >= 15 is 0 Å². The number of aromatic amines is 1. The molecule has 1 fully saturated rings. The van der Waals surface area contributed by atoms with Gasteiger partial charge in [0.05, 0.1) is 18.6 Å². The Kier molecular flexibility index (Phi) is 4.02. The quantitative estimate of drug-likeness (QED) is 0.892. The summed E-state index contributed by atoms with van der Waals surface area (Å²) in [6.07, 6.45) is 4.32. The van der Waals surface area contributed by atoms with E-state index in [4.69, 9.17) is 11.6 Å².